The van der Waals surface area contributed by atoms with Crippen molar-refractivity contribution in [1.82, 2.24) is 19.8 Å². The number of benzene rings is 3. The van der Waals surface area contributed by atoms with Crippen LogP contribution in [0, 0.1) is 0 Å². The Bertz CT molecular complexity index is 1350. The van der Waals surface area contributed by atoms with E-state index in [1.54, 1.807) is 6.33 Å². The second kappa shape index (κ2) is 9.87. The van der Waals surface area contributed by atoms with Gasteiger partial charge in [-0.3, -0.25) is 9.36 Å². The number of ether oxygens (including phenoxy) is 1. The molecule has 1 saturated heterocycles. The number of aromatic nitrogens is 2. The van der Waals surface area contributed by atoms with E-state index in [1.165, 1.54) is 5.56 Å². The molecule has 1 amide bonds. The minimum absolute atomic E-state index is 0.0329. The Hall–Kier alpha value is -4.10. The third-order valence-electron chi connectivity index (χ3n) is 6.86. The van der Waals surface area contributed by atoms with Crippen molar-refractivity contribution in [3.05, 3.63) is 96.4 Å². The molecule has 1 atom stereocenters. The molecular weight excluding hydrogens is 450 g/mol. The smallest absolute Gasteiger partial charge is 0.275 e. The van der Waals surface area contributed by atoms with Gasteiger partial charge in [0.15, 0.2) is 5.69 Å². The van der Waals surface area contributed by atoms with E-state index in [-0.39, 0.29) is 11.9 Å². The molecule has 0 aliphatic carbocycles. The number of piperazine rings is 1. The van der Waals surface area contributed by atoms with E-state index in [4.69, 9.17) is 9.72 Å². The van der Waals surface area contributed by atoms with Crippen LogP contribution >= 0.6 is 0 Å². The van der Waals surface area contributed by atoms with Crippen molar-refractivity contribution >= 4 is 11.6 Å². The summed E-state index contributed by atoms with van der Waals surface area (Å²) in [6.45, 7) is 3.60. The molecule has 0 radical (unpaired) electrons. The number of carbonyl (C=O) groups excluding carboxylic acids is 1. The second-order valence-electron chi connectivity index (χ2n) is 9.18. The lowest BCUT2D eigenvalue weighted by Crippen LogP contribution is -2.54. The van der Waals surface area contributed by atoms with Gasteiger partial charge in [-0.05, 0) is 30.2 Å². The molecule has 2 N–H and O–H groups in total. The SMILES string of the molecule is O=C(c1ncn(-c2ccc3c(c2)NCCO3)c1-c1ccccc1)N1CCNC[C@H]1Cc1ccccc1. The van der Waals surface area contributed by atoms with Crippen LogP contribution in [0.25, 0.3) is 16.9 Å². The van der Waals surface area contributed by atoms with E-state index < -0.39 is 0 Å². The molecule has 1 fully saturated rings. The van der Waals surface area contributed by atoms with Crippen LogP contribution in [0.5, 0.6) is 5.75 Å². The van der Waals surface area contributed by atoms with Gasteiger partial charge in [-0.2, -0.15) is 0 Å². The van der Waals surface area contributed by atoms with Gasteiger partial charge in [-0.1, -0.05) is 60.7 Å². The number of hydrogen-bond donors (Lipinski definition) is 2. The maximum Gasteiger partial charge on any atom is 0.275 e. The van der Waals surface area contributed by atoms with Crippen LogP contribution in [-0.2, 0) is 6.42 Å². The van der Waals surface area contributed by atoms with Crippen molar-refractivity contribution in [3.63, 3.8) is 0 Å². The minimum atomic E-state index is -0.0329. The Balaban J connectivity index is 1.39. The zero-order valence-electron chi connectivity index (χ0n) is 20.1. The highest BCUT2D eigenvalue weighted by Gasteiger charge is 2.31. The number of hydrogen-bond acceptors (Lipinski definition) is 5. The highest BCUT2D eigenvalue weighted by molar-refractivity contribution is 5.99. The summed E-state index contributed by atoms with van der Waals surface area (Å²) in [5, 5.41) is 6.86. The summed E-state index contributed by atoms with van der Waals surface area (Å²) in [7, 11) is 0. The molecule has 6 rings (SSSR count). The summed E-state index contributed by atoms with van der Waals surface area (Å²) < 4.78 is 7.77. The van der Waals surface area contributed by atoms with Crippen molar-refractivity contribution in [2.45, 2.75) is 12.5 Å². The molecule has 0 saturated carbocycles. The van der Waals surface area contributed by atoms with Crippen LogP contribution < -0.4 is 15.4 Å². The molecule has 7 heteroatoms. The van der Waals surface area contributed by atoms with Crippen LogP contribution in [0.2, 0.25) is 0 Å². The van der Waals surface area contributed by atoms with Crippen molar-refractivity contribution < 1.29 is 9.53 Å². The number of carbonyl (C=O) groups is 1. The van der Waals surface area contributed by atoms with Gasteiger partial charge in [0.05, 0.1) is 11.4 Å². The maximum absolute atomic E-state index is 14.1. The summed E-state index contributed by atoms with van der Waals surface area (Å²) in [4.78, 5) is 20.8. The molecule has 4 aromatic rings. The van der Waals surface area contributed by atoms with Gasteiger partial charge in [0.1, 0.15) is 18.7 Å². The van der Waals surface area contributed by atoms with Crippen LogP contribution in [0.15, 0.2) is 85.2 Å². The molecule has 0 unspecified atom stereocenters. The fourth-order valence-electron chi connectivity index (χ4n) is 5.08. The zero-order valence-corrected chi connectivity index (χ0v) is 20.1. The number of rotatable bonds is 5. The fraction of sp³-hybridized carbons (Fsp3) is 0.241. The monoisotopic (exact) mass is 479 g/mol. The lowest BCUT2D eigenvalue weighted by Gasteiger charge is -2.36. The van der Waals surface area contributed by atoms with E-state index >= 15 is 0 Å². The quantitative estimate of drug-likeness (QED) is 0.453. The topological polar surface area (TPSA) is 71.4 Å². The molecule has 36 heavy (non-hydrogen) atoms. The first-order valence-corrected chi connectivity index (χ1v) is 12.5. The third kappa shape index (κ3) is 4.33. The summed E-state index contributed by atoms with van der Waals surface area (Å²) in [6.07, 6.45) is 2.56. The van der Waals surface area contributed by atoms with Gasteiger partial charge in [-0.25, -0.2) is 4.98 Å². The molecule has 7 nitrogen and oxygen atoms in total. The van der Waals surface area contributed by atoms with Gasteiger partial charge in [0, 0.05) is 43.5 Å². The second-order valence-corrected chi connectivity index (χ2v) is 9.18. The van der Waals surface area contributed by atoms with Crippen LogP contribution in [-0.4, -0.2) is 59.2 Å². The molecule has 2 aliphatic rings. The van der Waals surface area contributed by atoms with E-state index in [2.05, 4.69) is 28.8 Å². The molecule has 0 spiro atoms. The van der Waals surface area contributed by atoms with Gasteiger partial charge in [-0.15, -0.1) is 0 Å². The van der Waals surface area contributed by atoms with Crippen LogP contribution in [0.1, 0.15) is 16.1 Å². The van der Waals surface area contributed by atoms with E-state index in [0.717, 1.165) is 54.4 Å². The Kier molecular flexibility index (Phi) is 6.13. The Labute approximate surface area is 210 Å². The Morgan fingerprint density at radius 1 is 1.00 bits per heavy atom. The van der Waals surface area contributed by atoms with Crippen molar-refractivity contribution in [2.24, 2.45) is 0 Å². The average Bonchev–Trinajstić information content (AvgIpc) is 3.39. The third-order valence-corrected chi connectivity index (χ3v) is 6.86. The fourth-order valence-corrected chi connectivity index (χ4v) is 5.08. The standard InChI is InChI=1S/C29H29N5O2/c35-29(33-15-13-30-19-24(33)17-21-7-3-1-4-8-21)27-28(22-9-5-2-6-10-22)34(20-32-27)23-11-12-26-25(18-23)31-14-16-36-26/h1-12,18,20,24,30-31H,13-17,19H2/t24-/m1/s1. The highest BCUT2D eigenvalue weighted by Crippen LogP contribution is 2.33. The first-order chi connectivity index (χ1) is 17.8. The number of nitrogens with one attached hydrogen (secondary N) is 2. The highest BCUT2D eigenvalue weighted by atomic mass is 16.5. The lowest BCUT2D eigenvalue weighted by atomic mass is 10.0. The molecule has 3 heterocycles. The summed E-state index contributed by atoms with van der Waals surface area (Å²) >= 11 is 0. The predicted molar refractivity (Wildman–Crippen MR) is 141 cm³/mol. The predicted octanol–water partition coefficient (Wildman–Crippen LogP) is 4.00. The first-order valence-electron chi connectivity index (χ1n) is 12.5. The largest absolute Gasteiger partial charge is 0.490 e. The number of imidazole rings is 1. The maximum atomic E-state index is 14.1. The molecule has 3 aromatic carbocycles. The zero-order chi connectivity index (χ0) is 24.3. The Morgan fingerprint density at radius 3 is 2.64 bits per heavy atom. The van der Waals surface area contributed by atoms with E-state index in [0.29, 0.717) is 18.8 Å². The molecule has 0 bridgehead atoms. The van der Waals surface area contributed by atoms with Crippen LogP contribution in [0.4, 0.5) is 5.69 Å². The molecule has 1 aromatic heterocycles. The van der Waals surface area contributed by atoms with Crippen molar-refractivity contribution in [3.8, 4) is 22.7 Å². The van der Waals surface area contributed by atoms with E-state index in [9.17, 15) is 4.79 Å². The van der Waals surface area contributed by atoms with Crippen molar-refractivity contribution in [2.75, 3.05) is 38.1 Å². The van der Waals surface area contributed by atoms with E-state index in [1.807, 2.05) is 70.1 Å². The number of nitrogens with zero attached hydrogens (tertiary/aromatic N) is 3. The van der Waals surface area contributed by atoms with Gasteiger partial charge >= 0.3 is 0 Å². The number of amides is 1. The molecule has 182 valence electrons. The number of fused-ring (bicyclic) bond motifs is 1. The average molecular weight is 480 g/mol. The normalized spacial score (nSPS) is 17.1. The lowest BCUT2D eigenvalue weighted by molar-refractivity contribution is 0.0631. The van der Waals surface area contributed by atoms with Gasteiger partial charge < -0.3 is 20.3 Å². The van der Waals surface area contributed by atoms with Gasteiger partial charge in [0.2, 0.25) is 0 Å². The summed E-state index contributed by atoms with van der Waals surface area (Å²) in [5.74, 6) is 0.807. The van der Waals surface area contributed by atoms with Crippen LogP contribution in [0.3, 0.4) is 0 Å². The molecular formula is C29H29N5O2. The summed E-state index contributed by atoms with van der Waals surface area (Å²) in [5.41, 5.74) is 5.33. The van der Waals surface area contributed by atoms with Crippen molar-refractivity contribution in [1.29, 1.82) is 0 Å². The van der Waals surface area contributed by atoms with Gasteiger partial charge in [0.25, 0.3) is 5.91 Å². The molecule has 2 aliphatic heterocycles. The Morgan fingerprint density at radius 2 is 1.81 bits per heavy atom. The first kappa shape index (κ1) is 22.4. The summed E-state index contributed by atoms with van der Waals surface area (Å²) in [6, 6.07) is 26.5. The minimum Gasteiger partial charge on any atom is -0.490 e. The number of anilines is 1.